The van der Waals surface area contributed by atoms with E-state index in [9.17, 15) is 13.2 Å². The number of hydrogen-bond acceptors (Lipinski definition) is 6. The van der Waals surface area contributed by atoms with Crippen LogP contribution in [-0.2, 0) is 14.8 Å². The summed E-state index contributed by atoms with van der Waals surface area (Å²) in [6, 6.07) is 8.56. The highest BCUT2D eigenvalue weighted by molar-refractivity contribution is 7.89. The molecule has 3 rings (SSSR count). The monoisotopic (exact) mass is 437 g/mol. The lowest BCUT2D eigenvalue weighted by Gasteiger charge is -2.35. The maximum Gasteiger partial charge on any atom is 0.240 e. The van der Waals surface area contributed by atoms with Gasteiger partial charge in [-0.15, -0.1) is 0 Å². The molecule has 0 atom stereocenters. The van der Waals surface area contributed by atoms with Gasteiger partial charge in [-0.3, -0.25) is 9.69 Å². The number of benzene rings is 1. The minimum absolute atomic E-state index is 0.155. The Labute approximate surface area is 175 Å². The molecule has 0 unspecified atom stereocenters. The van der Waals surface area contributed by atoms with Crippen molar-refractivity contribution in [2.24, 2.45) is 0 Å². The fourth-order valence-corrected chi connectivity index (χ4v) is 4.28. The molecular formula is C19H24ClN5O3S. The van der Waals surface area contributed by atoms with Crippen molar-refractivity contribution in [3.63, 3.8) is 0 Å². The van der Waals surface area contributed by atoms with Crippen LogP contribution < -0.4 is 14.9 Å². The molecule has 1 fully saturated rings. The number of aromatic nitrogens is 1. The predicted molar refractivity (Wildman–Crippen MR) is 114 cm³/mol. The van der Waals surface area contributed by atoms with Crippen LogP contribution in [0.2, 0.25) is 5.02 Å². The number of halogens is 1. The third kappa shape index (κ3) is 5.45. The lowest BCUT2D eigenvalue weighted by atomic mass is 10.2. The number of pyridine rings is 1. The molecule has 29 heavy (non-hydrogen) atoms. The van der Waals surface area contributed by atoms with Crippen molar-refractivity contribution >= 4 is 39.0 Å². The standard InChI is InChI=1S/C19H24ClN5O3S/c1-14-3-5-16(11-17(14)29(27,28)21-2)23-19(26)13-24-7-9-25(10-8-24)18-6-4-15(20)12-22-18/h3-6,11-12,21H,7-10,13H2,1-2H3,(H,23,26). The molecule has 10 heteroatoms. The number of carbonyl (C=O) groups excluding carboxylic acids is 1. The minimum atomic E-state index is -3.58. The SMILES string of the molecule is CNS(=O)(=O)c1cc(NC(=O)CN2CCN(c3ccc(Cl)cn3)CC2)ccc1C. The lowest BCUT2D eigenvalue weighted by Crippen LogP contribution is -2.48. The molecule has 8 nitrogen and oxygen atoms in total. The number of rotatable bonds is 6. The van der Waals surface area contributed by atoms with E-state index in [1.54, 1.807) is 25.3 Å². The van der Waals surface area contributed by atoms with Gasteiger partial charge in [0.05, 0.1) is 16.5 Å². The normalized spacial score (nSPS) is 15.3. The molecule has 1 aliphatic rings. The molecule has 1 saturated heterocycles. The van der Waals surface area contributed by atoms with Crippen LogP contribution in [0.3, 0.4) is 0 Å². The van der Waals surface area contributed by atoms with Gasteiger partial charge in [0.1, 0.15) is 5.82 Å². The highest BCUT2D eigenvalue weighted by Gasteiger charge is 2.21. The topological polar surface area (TPSA) is 94.6 Å². The summed E-state index contributed by atoms with van der Waals surface area (Å²) in [5.41, 5.74) is 1.07. The largest absolute Gasteiger partial charge is 0.354 e. The van der Waals surface area contributed by atoms with Crippen molar-refractivity contribution in [2.75, 3.05) is 50.0 Å². The van der Waals surface area contributed by atoms with Crippen molar-refractivity contribution in [3.05, 3.63) is 47.1 Å². The number of amides is 1. The Kier molecular flexibility index (Phi) is 6.74. The summed E-state index contributed by atoms with van der Waals surface area (Å²) in [6.45, 7) is 4.93. The van der Waals surface area contributed by atoms with Crippen LogP contribution >= 0.6 is 11.6 Å². The van der Waals surface area contributed by atoms with Crippen LogP contribution in [0.25, 0.3) is 0 Å². The van der Waals surface area contributed by atoms with Gasteiger partial charge < -0.3 is 10.2 Å². The second-order valence-corrected chi connectivity index (χ2v) is 9.13. The van der Waals surface area contributed by atoms with E-state index >= 15 is 0 Å². The fraction of sp³-hybridized carbons (Fsp3) is 0.368. The van der Waals surface area contributed by atoms with Crippen LogP contribution in [0.5, 0.6) is 0 Å². The van der Waals surface area contributed by atoms with Gasteiger partial charge in [0.2, 0.25) is 15.9 Å². The third-order valence-electron chi connectivity index (χ3n) is 4.81. The van der Waals surface area contributed by atoms with Crippen molar-refractivity contribution in [1.29, 1.82) is 0 Å². The highest BCUT2D eigenvalue weighted by atomic mass is 35.5. The number of carbonyl (C=O) groups is 1. The van der Waals surface area contributed by atoms with Gasteiger partial charge in [0.15, 0.2) is 0 Å². The maximum absolute atomic E-state index is 12.4. The smallest absolute Gasteiger partial charge is 0.240 e. The predicted octanol–water partition coefficient (Wildman–Crippen LogP) is 1.71. The number of nitrogens with one attached hydrogen (secondary N) is 2. The molecule has 1 aromatic heterocycles. The van der Waals surface area contributed by atoms with Gasteiger partial charge >= 0.3 is 0 Å². The summed E-state index contributed by atoms with van der Waals surface area (Å²) in [4.78, 5) is 21.1. The van der Waals surface area contributed by atoms with Gasteiger partial charge in [-0.25, -0.2) is 18.1 Å². The van der Waals surface area contributed by atoms with Gasteiger partial charge in [-0.2, -0.15) is 0 Å². The van der Waals surface area contributed by atoms with Crippen molar-refractivity contribution in [1.82, 2.24) is 14.6 Å². The van der Waals surface area contributed by atoms with E-state index < -0.39 is 10.0 Å². The Morgan fingerprint density at radius 1 is 1.17 bits per heavy atom. The summed E-state index contributed by atoms with van der Waals surface area (Å²) in [5, 5.41) is 3.39. The molecule has 1 aliphatic heterocycles. The van der Waals surface area contributed by atoms with E-state index in [2.05, 4.69) is 24.8 Å². The zero-order valence-corrected chi connectivity index (χ0v) is 17.9. The van der Waals surface area contributed by atoms with Crippen molar-refractivity contribution in [2.45, 2.75) is 11.8 Å². The molecule has 0 aliphatic carbocycles. The van der Waals surface area contributed by atoms with E-state index in [1.807, 2.05) is 12.1 Å². The summed E-state index contributed by atoms with van der Waals surface area (Å²) >= 11 is 5.88. The number of anilines is 2. The van der Waals surface area contributed by atoms with Gasteiger partial charge in [0, 0.05) is 38.1 Å². The van der Waals surface area contributed by atoms with E-state index in [0.717, 1.165) is 32.0 Å². The molecular weight excluding hydrogens is 414 g/mol. The van der Waals surface area contributed by atoms with Crippen LogP contribution in [0, 0.1) is 6.92 Å². The molecule has 156 valence electrons. The average molecular weight is 438 g/mol. The van der Waals surface area contributed by atoms with E-state index in [4.69, 9.17) is 11.6 Å². The Balaban J connectivity index is 1.55. The molecule has 2 N–H and O–H groups in total. The molecule has 0 radical (unpaired) electrons. The second-order valence-electron chi connectivity index (χ2n) is 6.83. The Morgan fingerprint density at radius 3 is 2.52 bits per heavy atom. The summed E-state index contributed by atoms with van der Waals surface area (Å²) in [6.07, 6.45) is 1.63. The van der Waals surface area contributed by atoms with Crippen molar-refractivity contribution < 1.29 is 13.2 Å². The summed E-state index contributed by atoms with van der Waals surface area (Å²) in [7, 11) is -2.22. The number of sulfonamides is 1. The molecule has 0 spiro atoms. The summed E-state index contributed by atoms with van der Waals surface area (Å²) in [5.74, 6) is 0.691. The first-order chi connectivity index (χ1) is 13.8. The number of aryl methyl sites for hydroxylation is 1. The first kappa shape index (κ1) is 21.5. The Morgan fingerprint density at radius 2 is 1.90 bits per heavy atom. The molecule has 1 amide bonds. The quantitative estimate of drug-likeness (QED) is 0.714. The van der Waals surface area contributed by atoms with E-state index in [1.165, 1.54) is 13.1 Å². The fourth-order valence-electron chi connectivity index (χ4n) is 3.17. The summed E-state index contributed by atoms with van der Waals surface area (Å²) < 4.78 is 26.5. The number of hydrogen-bond donors (Lipinski definition) is 2. The lowest BCUT2D eigenvalue weighted by molar-refractivity contribution is -0.117. The number of piperazine rings is 1. The molecule has 2 heterocycles. The molecule has 0 bridgehead atoms. The highest BCUT2D eigenvalue weighted by Crippen LogP contribution is 2.20. The van der Waals surface area contributed by atoms with Gasteiger partial charge in [-0.1, -0.05) is 17.7 Å². The van der Waals surface area contributed by atoms with Crippen molar-refractivity contribution in [3.8, 4) is 0 Å². The minimum Gasteiger partial charge on any atom is -0.354 e. The second kappa shape index (κ2) is 9.08. The first-order valence-corrected chi connectivity index (χ1v) is 11.1. The third-order valence-corrected chi connectivity index (χ3v) is 6.59. The maximum atomic E-state index is 12.4. The van der Waals surface area contributed by atoms with E-state index in [0.29, 0.717) is 16.3 Å². The van der Waals surface area contributed by atoms with Crippen LogP contribution in [-0.4, -0.2) is 64.0 Å². The van der Waals surface area contributed by atoms with Crippen LogP contribution in [0.1, 0.15) is 5.56 Å². The van der Waals surface area contributed by atoms with Gasteiger partial charge in [-0.05, 0) is 43.8 Å². The average Bonchev–Trinajstić information content (AvgIpc) is 2.70. The van der Waals surface area contributed by atoms with Crippen LogP contribution in [0.15, 0.2) is 41.4 Å². The van der Waals surface area contributed by atoms with E-state index in [-0.39, 0.29) is 17.3 Å². The Hall–Kier alpha value is -2.20. The van der Waals surface area contributed by atoms with Crippen LogP contribution in [0.4, 0.5) is 11.5 Å². The zero-order chi connectivity index (χ0) is 21.0. The molecule has 0 saturated carbocycles. The zero-order valence-electron chi connectivity index (χ0n) is 16.4. The molecule has 1 aromatic carbocycles. The van der Waals surface area contributed by atoms with Gasteiger partial charge in [0.25, 0.3) is 0 Å². The molecule has 2 aromatic rings. The first-order valence-electron chi connectivity index (χ1n) is 9.21. The Bertz CT molecular complexity index is 974. The number of nitrogens with zero attached hydrogens (tertiary/aromatic N) is 3.